The van der Waals surface area contributed by atoms with Crippen LogP contribution in [0.5, 0.6) is 5.75 Å². The lowest BCUT2D eigenvalue weighted by molar-refractivity contribution is -0.00943. The molecule has 2 aromatic rings. The van der Waals surface area contributed by atoms with Gasteiger partial charge in [-0.25, -0.2) is 0 Å². The molecule has 5 heterocycles. The van der Waals surface area contributed by atoms with Gasteiger partial charge in [-0.3, -0.25) is 9.80 Å². The van der Waals surface area contributed by atoms with Crippen molar-refractivity contribution in [3.05, 3.63) is 41.5 Å². The van der Waals surface area contributed by atoms with Crippen LogP contribution < -0.4 is 4.74 Å². The molecule has 27 heavy (non-hydrogen) atoms. The Morgan fingerprint density at radius 3 is 2.81 bits per heavy atom. The van der Waals surface area contributed by atoms with E-state index in [9.17, 15) is 0 Å². The Bertz CT molecular complexity index is 799. The van der Waals surface area contributed by atoms with Crippen molar-refractivity contribution >= 4 is 0 Å². The van der Waals surface area contributed by atoms with Crippen molar-refractivity contribution in [3.8, 4) is 5.75 Å². The van der Waals surface area contributed by atoms with Gasteiger partial charge < -0.3 is 9.26 Å². The molecule has 1 aromatic carbocycles. The SMILES string of the molecule is CCc1nc(CN2C[C@@H](c3cccc(OC)c3)[C@@H]3[C@H]2C2CCN3CC2)no1. The molecular formula is C21H28N4O2. The van der Waals surface area contributed by atoms with Crippen molar-refractivity contribution in [2.75, 3.05) is 26.7 Å². The van der Waals surface area contributed by atoms with Crippen molar-refractivity contribution in [2.24, 2.45) is 5.92 Å². The summed E-state index contributed by atoms with van der Waals surface area (Å²) in [4.78, 5) is 9.91. The van der Waals surface area contributed by atoms with Crippen LogP contribution in [0.4, 0.5) is 0 Å². The molecule has 4 fully saturated rings. The maximum absolute atomic E-state index is 5.49. The van der Waals surface area contributed by atoms with Gasteiger partial charge in [-0.05, 0) is 49.5 Å². The van der Waals surface area contributed by atoms with Gasteiger partial charge >= 0.3 is 0 Å². The molecule has 144 valence electrons. The summed E-state index contributed by atoms with van der Waals surface area (Å²) < 4.78 is 10.8. The molecule has 6 heteroatoms. The van der Waals surface area contributed by atoms with E-state index in [2.05, 4.69) is 45.1 Å². The van der Waals surface area contributed by atoms with Gasteiger partial charge in [0.25, 0.3) is 0 Å². The van der Waals surface area contributed by atoms with Gasteiger partial charge in [0.2, 0.25) is 5.89 Å². The summed E-state index contributed by atoms with van der Waals surface area (Å²) in [5.74, 6) is 3.80. The van der Waals surface area contributed by atoms with Crippen LogP contribution in [-0.2, 0) is 13.0 Å². The van der Waals surface area contributed by atoms with E-state index in [1.54, 1.807) is 7.11 Å². The van der Waals surface area contributed by atoms with E-state index >= 15 is 0 Å². The molecule has 4 aliphatic heterocycles. The highest BCUT2D eigenvalue weighted by Gasteiger charge is 2.53. The zero-order valence-corrected chi connectivity index (χ0v) is 16.2. The Kier molecular flexibility index (Phi) is 4.40. The lowest BCUT2D eigenvalue weighted by Gasteiger charge is -2.51. The highest BCUT2D eigenvalue weighted by atomic mass is 16.5. The lowest BCUT2D eigenvalue weighted by atomic mass is 9.75. The minimum atomic E-state index is 0.505. The predicted molar refractivity (Wildman–Crippen MR) is 102 cm³/mol. The molecule has 0 unspecified atom stereocenters. The number of likely N-dealkylation sites (tertiary alicyclic amines) is 1. The average molecular weight is 368 g/mol. The third-order valence-corrected chi connectivity index (χ3v) is 6.77. The first kappa shape index (κ1) is 17.2. The number of fused-ring (bicyclic) bond motifs is 2. The standard InChI is InChI=1S/C21H28N4O2/c1-3-19-22-18(23-27-19)13-25-12-17(15-5-4-6-16(11-15)26-2)21-20(25)14-7-9-24(21)10-8-14/h4-6,11,14,17,20-21H,3,7-10,12-13H2,1-2H3/t17-,20+,21+/m0/s1. The van der Waals surface area contributed by atoms with Crippen molar-refractivity contribution in [2.45, 2.75) is 50.7 Å². The second-order valence-electron chi connectivity index (χ2n) is 8.13. The highest BCUT2D eigenvalue weighted by molar-refractivity contribution is 5.34. The van der Waals surface area contributed by atoms with Crippen molar-refractivity contribution in [3.63, 3.8) is 0 Å². The topological polar surface area (TPSA) is 54.6 Å². The summed E-state index contributed by atoms with van der Waals surface area (Å²) in [6.45, 7) is 6.36. The minimum Gasteiger partial charge on any atom is -0.497 e. The summed E-state index contributed by atoms with van der Waals surface area (Å²) in [6.07, 6.45) is 3.42. The zero-order chi connectivity index (χ0) is 18.4. The number of aryl methyl sites for hydroxylation is 1. The minimum absolute atomic E-state index is 0.505. The first-order chi connectivity index (χ1) is 13.3. The second-order valence-corrected chi connectivity index (χ2v) is 8.13. The number of nitrogens with zero attached hydrogens (tertiary/aromatic N) is 4. The second kappa shape index (κ2) is 6.91. The number of ether oxygens (including phenoxy) is 1. The number of hydrogen-bond acceptors (Lipinski definition) is 6. The van der Waals surface area contributed by atoms with Gasteiger partial charge in [-0.2, -0.15) is 4.98 Å². The van der Waals surface area contributed by atoms with Crippen molar-refractivity contribution in [1.82, 2.24) is 19.9 Å². The molecule has 0 saturated carbocycles. The molecule has 0 spiro atoms. The Balaban J connectivity index is 1.46. The summed E-state index contributed by atoms with van der Waals surface area (Å²) in [6, 6.07) is 9.81. The molecule has 6 rings (SSSR count). The number of hydrogen-bond donors (Lipinski definition) is 0. The first-order valence-electron chi connectivity index (χ1n) is 10.2. The van der Waals surface area contributed by atoms with E-state index in [1.807, 2.05) is 6.07 Å². The Morgan fingerprint density at radius 2 is 2.07 bits per heavy atom. The summed E-state index contributed by atoms with van der Waals surface area (Å²) in [5, 5.41) is 4.21. The van der Waals surface area contributed by atoms with E-state index in [4.69, 9.17) is 9.26 Å². The number of benzene rings is 1. The summed E-state index contributed by atoms with van der Waals surface area (Å²) >= 11 is 0. The largest absolute Gasteiger partial charge is 0.497 e. The Labute approximate surface area is 160 Å². The molecule has 0 N–H and O–H groups in total. The molecule has 4 saturated heterocycles. The van der Waals surface area contributed by atoms with E-state index in [0.717, 1.165) is 42.9 Å². The third kappa shape index (κ3) is 2.95. The van der Waals surface area contributed by atoms with Crippen molar-refractivity contribution in [1.29, 1.82) is 0 Å². The number of methoxy groups -OCH3 is 1. The molecule has 6 nitrogen and oxygen atoms in total. The zero-order valence-electron chi connectivity index (χ0n) is 16.2. The van der Waals surface area contributed by atoms with Gasteiger partial charge in [0, 0.05) is 31.0 Å². The van der Waals surface area contributed by atoms with E-state index in [1.165, 1.54) is 31.5 Å². The Hall–Kier alpha value is -1.92. The van der Waals surface area contributed by atoms with Gasteiger partial charge in [-0.15, -0.1) is 0 Å². The average Bonchev–Trinajstić information content (AvgIpc) is 3.35. The Morgan fingerprint density at radius 1 is 1.22 bits per heavy atom. The van der Waals surface area contributed by atoms with Crippen LogP contribution in [0.1, 0.15) is 43.0 Å². The van der Waals surface area contributed by atoms with Crippen LogP contribution in [0.2, 0.25) is 0 Å². The molecule has 1 aromatic heterocycles. The van der Waals surface area contributed by atoms with E-state index < -0.39 is 0 Å². The summed E-state index contributed by atoms with van der Waals surface area (Å²) in [5.41, 5.74) is 1.39. The smallest absolute Gasteiger partial charge is 0.226 e. The fourth-order valence-corrected chi connectivity index (χ4v) is 5.57. The molecule has 2 bridgehead atoms. The van der Waals surface area contributed by atoms with Gasteiger partial charge in [0.1, 0.15) is 5.75 Å². The highest BCUT2D eigenvalue weighted by Crippen LogP contribution is 2.47. The monoisotopic (exact) mass is 368 g/mol. The van der Waals surface area contributed by atoms with Crippen molar-refractivity contribution < 1.29 is 9.26 Å². The third-order valence-electron chi connectivity index (χ3n) is 6.77. The van der Waals surface area contributed by atoms with Gasteiger partial charge in [0.05, 0.1) is 13.7 Å². The maximum atomic E-state index is 5.49. The van der Waals surface area contributed by atoms with Crippen LogP contribution in [0.3, 0.4) is 0 Å². The summed E-state index contributed by atoms with van der Waals surface area (Å²) in [7, 11) is 1.75. The van der Waals surface area contributed by atoms with Crippen LogP contribution in [-0.4, -0.2) is 58.8 Å². The molecule has 0 amide bonds. The molecule has 4 aliphatic rings. The number of piperidine rings is 3. The van der Waals surface area contributed by atoms with Crippen LogP contribution in [0.25, 0.3) is 0 Å². The van der Waals surface area contributed by atoms with Crippen LogP contribution >= 0.6 is 0 Å². The number of rotatable bonds is 5. The lowest BCUT2D eigenvalue weighted by Crippen LogP contribution is -2.60. The van der Waals surface area contributed by atoms with Gasteiger partial charge in [0.15, 0.2) is 5.82 Å². The van der Waals surface area contributed by atoms with E-state index in [0.29, 0.717) is 18.0 Å². The normalized spacial score (nSPS) is 32.6. The molecule has 0 aliphatic carbocycles. The predicted octanol–water partition coefficient (Wildman–Crippen LogP) is 2.70. The van der Waals surface area contributed by atoms with Crippen LogP contribution in [0, 0.1) is 5.92 Å². The number of aromatic nitrogens is 2. The quantitative estimate of drug-likeness (QED) is 0.809. The fraction of sp³-hybridized carbons (Fsp3) is 0.619. The molecular weight excluding hydrogens is 340 g/mol. The molecule has 0 radical (unpaired) electrons. The molecule has 3 atom stereocenters. The maximum Gasteiger partial charge on any atom is 0.226 e. The van der Waals surface area contributed by atoms with E-state index in [-0.39, 0.29) is 0 Å². The fourth-order valence-electron chi connectivity index (χ4n) is 5.57. The van der Waals surface area contributed by atoms with Crippen LogP contribution in [0.15, 0.2) is 28.8 Å². The van der Waals surface area contributed by atoms with Gasteiger partial charge in [-0.1, -0.05) is 24.2 Å². The first-order valence-corrected chi connectivity index (χ1v) is 10.2.